The second-order valence-corrected chi connectivity index (χ2v) is 7.15. The van der Waals surface area contributed by atoms with Crippen LogP contribution in [0.5, 0.6) is 0 Å². The summed E-state index contributed by atoms with van der Waals surface area (Å²) < 4.78 is 7.15. The average Bonchev–Trinajstić information content (AvgIpc) is 3.03. The van der Waals surface area contributed by atoms with Gasteiger partial charge < -0.3 is 15.0 Å². The Labute approximate surface area is 148 Å². The number of aromatic amines is 1. The van der Waals surface area contributed by atoms with E-state index in [2.05, 4.69) is 25.5 Å². The maximum Gasteiger partial charge on any atom is 0.329 e. The molecule has 0 aromatic carbocycles. The second-order valence-electron chi connectivity index (χ2n) is 7.15. The molecule has 6 rings (SSSR count). The molecule has 9 nitrogen and oxygen atoms in total. The molecule has 2 N–H and O–H groups in total. The van der Waals surface area contributed by atoms with Crippen molar-refractivity contribution in [2.24, 2.45) is 0 Å². The van der Waals surface area contributed by atoms with Gasteiger partial charge >= 0.3 is 5.97 Å². The van der Waals surface area contributed by atoms with Crippen LogP contribution in [-0.2, 0) is 9.53 Å². The van der Waals surface area contributed by atoms with E-state index >= 15 is 0 Å². The number of anilines is 3. The van der Waals surface area contributed by atoms with E-state index in [1.807, 2.05) is 33.7 Å². The number of nitrogens with zero attached hydrogens (tertiary/aromatic N) is 5. The molecule has 0 spiro atoms. The number of hydrogen-bond acceptors (Lipinski definition) is 7. The number of rotatable bonds is 4. The molecule has 3 aromatic rings. The average molecular weight is 351 g/mol. The molecule has 2 bridgehead atoms. The highest BCUT2D eigenvalue weighted by molar-refractivity contribution is 5.83. The number of hydrogen-bond donors (Lipinski definition) is 2. The number of fused-ring (bicyclic) bond motifs is 3. The number of ether oxygens (including phenoxy) is 1. The highest BCUT2D eigenvalue weighted by atomic mass is 16.6. The first-order valence-electron chi connectivity index (χ1n) is 8.89. The Hall–Kier alpha value is -3.10. The van der Waals surface area contributed by atoms with Crippen LogP contribution in [-0.4, -0.2) is 49.2 Å². The fourth-order valence-corrected chi connectivity index (χ4v) is 3.82. The molecule has 9 heteroatoms. The molecule has 0 radical (unpaired) electrons. The van der Waals surface area contributed by atoms with Gasteiger partial charge in [0, 0.05) is 30.3 Å². The van der Waals surface area contributed by atoms with E-state index in [4.69, 9.17) is 4.74 Å². The molecule has 3 fully saturated rings. The Bertz CT molecular complexity index is 1020. The number of carbonyl (C=O) groups excluding carboxylic acids is 1. The highest BCUT2D eigenvalue weighted by Crippen LogP contribution is 2.39. The van der Waals surface area contributed by atoms with Gasteiger partial charge in [0.25, 0.3) is 0 Å². The first kappa shape index (κ1) is 14.1. The Kier molecular flexibility index (Phi) is 2.69. The molecule has 1 saturated carbocycles. The van der Waals surface area contributed by atoms with E-state index in [0.717, 1.165) is 17.2 Å². The van der Waals surface area contributed by atoms with Gasteiger partial charge in [-0.1, -0.05) is 0 Å². The fourth-order valence-electron chi connectivity index (χ4n) is 3.82. The molecule has 0 amide bonds. The molecule has 3 aromatic heterocycles. The summed E-state index contributed by atoms with van der Waals surface area (Å²) in [5, 5.41) is 10.7. The van der Waals surface area contributed by atoms with Crippen LogP contribution >= 0.6 is 0 Å². The number of carbonyl (C=O) groups is 1. The van der Waals surface area contributed by atoms with Gasteiger partial charge in [0.15, 0.2) is 5.82 Å². The Balaban J connectivity index is 1.38. The lowest BCUT2D eigenvalue weighted by atomic mass is 10.2. The van der Waals surface area contributed by atoms with Crippen molar-refractivity contribution in [3.05, 3.63) is 30.1 Å². The minimum Gasteiger partial charge on any atom is -0.459 e. The minimum absolute atomic E-state index is 0.0528. The van der Waals surface area contributed by atoms with E-state index in [1.165, 1.54) is 12.8 Å². The van der Waals surface area contributed by atoms with E-state index in [1.54, 1.807) is 0 Å². The molecule has 2 aliphatic heterocycles. The lowest BCUT2D eigenvalue weighted by Gasteiger charge is -2.26. The number of H-pyrrole nitrogens is 1. The first-order valence-corrected chi connectivity index (χ1v) is 8.89. The van der Waals surface area contributed by atoms with E-state index in [-0.39, 0.29) is 18.1 Å². The summed E-state index contributed by atoms with van der Waals surface area (Å²) in [6.07, 6.45) is 4.99. The van der Waals surface area contributed by atoms with Gasteiger partial charge in [0.2, 0.25) is 11.9 Å². The predicted molar refractivity (Wildman–Crippen MR) is 92.5 cm³/mol. The van der Waals surface area contributed by atoms with Crippen LogP contribution in [0, 0.1) is 0 Å². The van der Waals surface area contributed by atoms with Crippen LogP contribution in [0.2, 0.25) is 0 Å². The van der Waals surface area contributed by atoms with Gasteiger partial charge in [0.1, 0.15) is 17.8 Å². The monoisotopic (exact) mass is 351 g/mol. The summed E-state index contributed by atoms with van der Waals surface area (Å²) in [6, 6.07) is 5.59. The topological polar surface area (TPSA) is 100 Å². The van der Waals surface area contributed by atoms with Gasteiger partial charge in [-0.05, 0) is 25.0 Å². The van der Waals surface area contributed by atoms with Crippen molar-refractivity contribution in [2.45, 2.75) is 37.3 Å². The van der Waals surface area contributed by atoms with Crippen molar-refractivity contribution in [1.82, 2.24) is 24.6 Å². The molecular weight excluding hydrogens is 334 g/mol. The predicted octanol–water partition coefficient (Wildman–Crippen LogP) is 1.58. The van der Waals surface area contributed by atoms with Crippen LogP contribution < -0.4 is 10.2 Å². The zero-order valence-electron chi connectivity index (χ0n) is 13.9. The lowest BCUT2D eigenvalue weighted by Crippen LogP contribution is -2.41. The third kappa shape index (κ3) is 2.09. The number of esters is 1. The normalized spacial score (nSPS) is 24.5. The molecule has 132 valence electrons. The third-order valence-corrected chi connectivity index (χ3v) is 5.31. The first-order chi connectivity index (χ1) is 12.7. The van der Waals surface area contributed by atoms with Gasteiger partial charge in [-0.2, -0.15) is 15.1 Å². The quantitative estimate of drug-likeness (QED) is 0.688. The van der Waals surface area contributed by atoms with Crippen LogP contribution in [0.25, 0.3) is 5.65 Å². The third-order valence-electron chi connectivity index (χ3n) is 5.31. The minimum atomic E-state index is -0.280. The Morgan fingerprint density at radius 3 is 3.04 bits per heavy atom. The molecule has 1 aliphatic carbocycles. The van der Waals surface area contributed by atoms with Crippen LogP contribution in [0.1, 0.15) is 30.9 Å². The zero-order chi connectivity index (χ0) is 17.3. The summed E-state index contributed by atoms with van der Waals surface area (Å²) >= 11 is 0. The molecular formula is C17H17N7O2. The molecule has 26 heavy (non-hydrogen) atoms. The largest absolute Gasteiger partial charge is 0.459 e. The fraction of sp³-hybridized carbons (Fsp3) is 0.412. The van der Waals surface area contributed by atoms with Gasteiger partial charge in [-0.15, -0.1) is 0 Å². The van der Waals surface area contributed by atoms with Crippen LogP contribution in [0.3, 0.4) is 0 Å². The Morgan fingerprint density at radius 1 is 1.31 bits per heavy atom. The summed E-state index contributed by atoms with van der Waals surface area (Å²) in [5.41, 5.74) is 1.93. The number of aromatic nitrogens is 5. The Morgan fingerprint density at radius 2 is 2.23 bits per heavy atom. The molecule has 0 unspecified atom stereocenters. The van der Waals surface area contributed by atoms with Crippen molar-refractivity contribution in [3.8, 4) is 0 Å². The van der Waals surface area contributed by atoms with Crippen LogP contribution in [0.4, 0.5) is 17.7 Å². The number of morpholine rings is 1. The van der Waals surface area contributed by atoms with Crippen molar-refractivity contribution in [2.75, 3.05) is 16.8 Å². The second kappa shape index (κ2) is 4.96. The van der Waals surface area contributed by atoms with E-state index in [9.17, 15) is 4.79 Å². The SMILES string of the molecule is O=C1O[C@H]2C[C@H]1N(c1nc(Nc3cc(C4CC4)[nH]n3)n3cccc3n1)C2. The van der Waals surface area contributed by atoms with Crippen molar-refractivity contribution in [1.29, 1.82) is 0 Å². The summed E-state index contributed by atoms with van der Waals surface area (Å²) in [5.74, 6) is 2.32. The van der Waals surface area contributed by atoms with Gasteiger partial charge in [-0.25, -0.2) is 4.79 Å². The maximum absolute atomic E-state index is 11.9. The maximum atomic E-state index is 11.9. The summed E-state index contributed by atoms with van der Waals surface area (Å²) in [6.45, 7) is 0.640. The molecule has 3 aliphatic rings. The molecule has 5 heterocycles. The van der Waals surface area contributed by atoms with Crippen molar-refractivity contribution in [3.63, 3.8) is 0 Å². The van der Waals surface area contributed by atoms with Gasteiger partial charge in [0.05, 0.1) is 6.54 Å². The van der Waals surface area contributed by atoms with E-state index in [0.29, 0.717) is 30.8 Å². The van der Waals surface area contributed by atoms with E-state index < -0.39 is 0 Å². The van der Waals surface area contributed by atoms with Gasteiger partial charge in [-0.3, -0.25) is 9.50 Å². The molecule has 2 atom stereocenters. The summed E-state index contributed by atoms with van der Waals surface area (Å²) in [4.78, 5) is 23.2. The smallest absolute Gasteiger partial charge is 0.329 e. The standard InChI is InChI=1S/C17H17N7O2/c25-15-12-6-10(26-15)8-24(12)17-19-14-2-1-5-23(14)16(20-17)18-13-7-11(21-22-13)9-3-4-9/h1-2,5,7,9-10,12H,3-4,6,8H2,(H2,18,19,20,21,22)/t10-,12+/m0/s1. The van der Waals surface area contributed by atoms with Crippen LogP contribution in [0.15, 0.2) is 24.4 Å². The summed E-state index contributed by atoms with van der Waals surface area (Å²) in [7, 11) is 0. The zero-order valence-corrected chi connectivity index (χ0v) is 13.9. The van der Waals surface area contributed by atoms with Crippen molar-refractivity contribution < 1.29 is 9.53 Å². The lowest BCUT2D eigenvalue weighted by molar-refractivity contribution is -0.144. The van der Waals surface area contributed by atoms with Crippen molar-refractivity contribution >= 4 is 29.3 Å². The number of nitrogens with one attached hydrogen (secondary N) is 2. The highest BCUT2D eigenvalue weighted by Gasteiger charge is 2.47. The molecule has 2 saturated heterocycles.